The smallest absolute Gasteiger partial charge is 0.410 e. The molecule has 1 heterocycles. The number of amides is 1. The minimum atomic E-state index is -0.272. The van der Waals surface area contributed by atoms with Gasteiger partial charge in [0.05, 0.1) is 0 Å². The lowest BCUT2D eigenvalue weighted by atomic mass is 9.91. The van der Waals surface area contributed by atoms with Crippen LogP contribution in [0.3, 0.4) is 0 Å². The quantitative estimate of drug-likeness (QED) is 0.873. The van der Waals surface area contributed by atoms with Crippen molar-refractivity contribution in [3.05, 3.63) is 30.3 Å². The van der Waals surface area contributed by atoms with Crippen molar-refractivity contribution in [2.75, 3.05) is 13.1 Å². The molecule has 0 spiro atoms. The SMILES string of the molecule is CCC1CN(C(=O)Oc2ccccc2)CCC1N. The van der Waals surface area contributed by atoms with E-state index in [2.05, 4.69) is 6.92 Å². The molecule has 0 bridgehead atoms. The van der Waals surface area contributed by atoms with Crippen LogP contribution in [0.5, 0.6) is 5.75 Å². The number of hydrogen-bond acceptors (Lipinski definition) is 3. The van der Waals surface area contributed by atoms with Gasteiger partial charge in [-0.15, -0.1) is 0 Å². The van der Waals surface area contributed by atoms with Crippen LogP contribution >= 0.6 is 0 Å². The first-order valence-corrected chi connectivity index (χ1v) is 6.48. The number of benzene rings is 1. The van der Waals surface area contributed by atoms with Crippen molar-refractivity contribution in [3.8, 4) is 5.75 Å². The second kappa shape index (κ2) is 5.87. The fourth-order valence-corrected chi connectivity index (χ4v) is 2.30. The lowest BCUT2D eigenvalue weighted by molar-refractivity contribution is 0.118. The Morgan fingerprint density at radius 1 is 1.44 bits per heavy atom. The van der Waals surface area contributed by atoms with Gasteiger partial charge in [-0.05, 0) is 24.5 Å². The molecule has 0 saturated carbocycles. The summed E-state index contributed by atoms with van der Waals surface area (Å²) < 4.78 is 5.33. The Morgan fingerprint density at radius 3 is 2.83 bits per heavy atom. The summed E-state index contributed by atoms with van der Waals surface area (Å²) in [6, 6.07) is 9.36. The molecule has 1 aliphatic heterocycles. The van der Waals surface area contributed by atoms with E-state index in [1.807, 2.05) is 18.2 Å². The van der Waals surface area contributed by atoms with Crippen LogP contribution in [0.1, 0.15) is 19.8 Å². The Morgan fingerprint density at radius 2 is 2.17 bits per heavy atom. The second-order valence-corrected chi connectivity index (χ2v) is 4.75. The predicted molar refractivity (Wildman–Crippen MR) is 70.4 cm³/mol. The number of carbonyl (C=O) groups excluding carboxylic acids is 1. The Hall–Kier alpha value is -1.55. The largest absolute Gasteiger partial charge is 0.415 e. The van der Waals surface area contributed by atoms with Crippen molar-refractivity contribution in [1.29, 1.82) is 0 Å². The van der Waals surface area contributed by atoms with Gasteiger partial charge in [0.1, 0.15) is 5.75 Å². The summed E-state index contributed by atoms with van der Waals surface area (Å²) in [5, 5.41) is 0. The molecule has 0 aliphatic carbocycles. The normalized spacial score (nSPS) is 23.8. The molecule has 2 unspecified atom stereocenters. The number of hydrogen-bond donors (Lipinski definition) is 1. The number of nitrogens with zero attached hydrogens (tertiary/aromatic N) is 1. The third-order valence-corrected chi connectivity index (χ3v) is 3.52. The minimum Gasteiger partial charge on any atom is -0.410 e. The lowest BCUT2D eigenvalue weighted by Crippen LogP contribution is -2.49. The topological polar surface area (TPSA) is 55.6 Å². The van der Waals surface area contributed by atoms with E-state index >= 15 is 0 Å². The van der Waals surface area contributed by atoms with Crippen LogP contribution in [-0.2, 0) is 0 Å². The van der Waals surface area contributed by atoms with E-state index in [9.17, 15) is 4.79 Å². The molecule has 1 aliphatic rings. The van der Waals surface area contributed by atoms with Crippen molar-refractivity contribution in [2.24, 2.45) is 11.7 Å². The summed E-state index contributed by atoms with van der Waals surface area (Å²) in [4.78, 5) is 13.8. The maximum Gasteiger partial charge on any atom is 0.415 e. The molecule has 0 radical (unpaired) electrons. The van der Waals surface area contributed by atoms with E-state index in [1.165, 1.54) is 0 Å². The molecule has 18 heavy (non-hydrogen) atoms. The van der Waals surface area contributed by atoms with Crippen molar-refractivity contribution in [3.63, 3.8) is 0 Å². The Labute approximate surface area is 108 Å². The maximum absolute atomic E-state index is 12.0. The van der Waals surface area contributed by atoms with Crippen LogP contribution in [0.4, 0.5) is 4.79 Å². The highest BCUT2D eigenvalue weighted by Gasteiger charge is 2.28. The van der Waals surface area contributed by atoms with Crippen molar-refractivity contribution < 1.29 is 9.53 Å². The van der Waals surface area contributed by atoms with Crippen LogP contribution in [0.15, 0.2) is 30.3 Å². The molecule has 1 amide bonds. The third-order valence-electron chi connectivity index (χ3n) is 3.52. The summed E-state index contributed by atoms with van der Waals surface area (Å²) >= 11 is 0. The Kier molecular flexibility index (Phi) is 4.20. The monoisotopic (exact) mass is 248 g/mol. The fourth-order valence-electron chi connectivity index (χ4n) is 2.30. The van der Waals surface area contributed by atoms with Gasteiger partial charge in [-0.3, -0.25) is 0 Å². The van der Waals surface area contributed by atoms with Crippen molar-refractivity contribution in [2.45, 2.75) is 25.8 Å². The molecule has 4 nitrogen and oxygen atoms in total. The van der Waals surface area contributed by atoms with E-state index in [0.29, 0.717) is 24.8 Å². The van der Waals surface area contributed by atoms with Gasteiger partial charge >= 0.3 is 6.09 Å². The number of nitrogens with two attached hydrogens (primary N) is 1. The number of piperidine rings is 1. The first-order chi connectivity index (χ1) is 8.70. The molecular formula is C14H20N2O2. The molecular weight excluding hydrogens is 228 g/mol. The first kappa shape index (κ1) is 12.9. The van der Waals surface area contributed by atoms with Crippen LogP contribution < -0.4 is 10.5 Å². The molecule has 1 fully saturated rings. The number of carbonyl (C=O) groups is 1. The van der Waals surface area contributed by atoms with E-state index in [1.54, 1.807) is 17.0 Å². The zero-order valence-electron chi connectivity index (χ0n) is 10.7. The van der Waals surface area contributed by atoms with Gasteiger partial charge in [0.15, 0.2) is 0 Å². The summed E-state index contributed by atoms with van der Waals surface area (Å²) in [5.41, 5.74) is 6.03. The standard InChI is InChI=1S/C14H20N2O2/c1-2-11-10-16(9-8-13(11)15)14(17)18-12-6-4-3-5-7-12/h3-7,11,13H,2,8-10,15H2,1H3. The molecule has 1 saturated heterocycles. The first-order valence-electron chi connectivity index (χ1n) is 6.48. The molecule has 4 heteroatoms. The van der Waals surface area contributed by atoms with Crippen LogP contribution in [0, 0.1) is 5.92 Å². The average molecular weight is 248 g/mol. The van der Waals surface area contributed by atoms with Gasteiger partial charge < -0.3 is 15.4 Å². The molecule has 0 aromatic heterocycles. The zero-order valence-corrected chi connectivity index (χ0v) is 10.7. The lowest BCUT2D eigenvalue weighted by Gasteiger charge is -2.35. The van der Waals surface area contributed by atoms with E-state index in [-0.39, 0.29) is 12.1 Å². The summed E-state index contributed by atoms with van der Waals surface area (Å²) in [5.74, 6) is 0.965. The van der Waals surface area contributed by atoms with Crippen LogP contribution in [0.2, 0.25) is 0 Å². The summed E-state index contributed by atoms with van der Waals surface area (Å²) in [6.07, 6.45) is 1.57. The number of para-hydroxylation sites is 1. The molecule has 98 valence electrons. The predicted octanol–water partition coefficient (Wildman–Crippen LogP) is 2.24. The molecule has 2 atom stereocenters. The van der Waals surface area contributed by atoms with E-state index in [4.69, 9.17) is 10.5 Å². The number of ether oxygens (including phenoxy) is 1. The number of likely N-dealkylation sites (tertiary alicyclic amines) is 1. The molecule has 2 N–H and O–H groups in total. The third kappa shape index (κ3) is 3.01. The van der Waals surface area contributed by atoms with E-state index in [0.717, 1.165) is 12.8 Å². The Balaban J connectivity index is 1.93. The highest BCUT2D eigenvalue weighted by atomic mass is 16.6. The van der Waals surface area contributed by atoms with Crippen molar-refractivity contribution >= 4 is 6.09 Å². The van der Waals surface area contributed by atoms with Gasteiger partial charge in [-0.25, -0.2) is 4.79 Å². The summed E-state index contributed by atoms with van der Waals surface area (Å²) in [7, 11) is 0. The fraction of sp³-hybridized carbons (Fsp3) is 0.500. The molecule has 1 aromatic rings. The van der Waals surface area contributed by atoms with Gasteiger partial charge in [0.2, 0.25) is 0 Å². The average Bonchev–Trinajstić information content (AvgIpc) is 2.40. The molecule has 1 aromatic carbocycles. The van der Waals surface area contributed by atoms with Gasteiger partial charge in [-0.1, -0.05) is 31.5 Å². The summed E-state index contributed by atoms with van der Waals surface area (Å²) in [6.45, 7) is 3.49. The van der Waals surface area contributed by atoms with Gasteiger partial charge in [-0.2, -0.15) is 0 Å². The number of rotatable bonds is 2. The second-order valence-electron chi connectivity index (χ2n) is 4.75. The Bertz CT molecular complexity index is 394. The maximum atomic E-state index is 12.0. The van der Waals surface area contributed by atoms with Gasteiger partial charge in [0.25, 0.3) is 0 Å². The van der Waals surface area contributed by atoms with Gasteiger partial charge in [0, 0.05) is 19.1 Å². The van der Waals surface area contributed by atoms with Crippen LogP contribution in [0.25, 0.3) is 0 Å². The zero-order chi connectivity index (χ0) is 13.0. The molecule has 2 rings (SSSR count). The van der Waals surface area contributed by atoms with Crippen molar-refractivity contribution in [1.82, 2.24) is 4.90 Å². The van der Waals surface area contributed by atoms with E-state index < -0.39 is 0 Å². The minimum absolute atomic E-state index is 0.204. The highest BCUT2D eigenvalue weighted by molar-refractivity contribution is 5.70. The highest BCUT2D eigenvalue weighted by Crippen LogP contribution is 2.20. The van der Waals surface area contributed by atoms with Crippen LogP contribution in [-0.4, -0.2) is 30.1 Å².